The van der Waals surface area contributed by atoms with E-state index in [1.807, 2.05) is 0 Å². The first-order chi connectivity index (χ1) is 5.74. The van der Waals surface area contributed by atoms with E-state index in [1.54, 1.807) is 0 Å². The maximum absolute atomic E-state index is 12.0. The minimum atomic E-state index is -2.48. The molecule has 68 valence electrons. The first kappa shape index (κ1) is 9.12. The van der Waals surface area contributed by atoms with Crippen molar-refractivity contribution >= 4 is 0 Å². The third kappa shape index (κ3) is 2.27. The van der Waals surface area contributed by atoms with E-state index in [4.69, 9.17) is 5.73 Å². The van der Waals surface area contributed by atoms with Crippen molar-refractivity contribution in [3.63, 3.8) is 0 Å². The van der Waals surface area contributed by atoms with E-state index in [2.05, 4.69) is 5.10 Å². The fraction of sp³-hybridized carbons (Fsp3) is 0.571. The predicted molar refractivity (Wildman–Crippen MR) is 40.9 cm³/mol. The van der Waals surface area contributed by atoms with Crippen LogP contribution in [-0.2, 0) is 6.54 Å². The molecule has 0 fully saturated rings. The molecule has 12 heavy (non-hydrogen) atoms. The average Bonchev–Trinajstić information content (AvgIpc) is 2.48. The van der Waals surface area contributed by atoms with Crippen molar-refractivity contribution in [2.45, 2.75) is 19.4 Å². The third-order valence-electron chi connectivity index (χ3n) is 1.48. The summed E-state index contributed by atoms with van der Waals surface area (Å²) < 4.78 is 25.5. The molecule has 3 nitrogen and oxygen atoms in total. The second-order valence-electron chi connectivity index (χ2n) is 2.45. The number of nitrogens with zero attached hydrogens (tertiary/aromatic N) is 2. The molecular weight excluding hydrogens is 164 g/mol. The molecule has 0 aliphatic heterocycles. The van der Waals surface area contributed by atoms with Gasteiger partial charge in [-0.25, -0.2) is 8.78 Å². The van der Waals surface area contributed by atoms with Gasteiger partial charge in [-0.2, -0.15) is 5.10 Å². The Morgan fingerprint density at radius 2 is 2.33 bits per heavy atom. The van der Waals surface area contributed by atoms with Crippen molar-refractivity contribution in [3.8, 4) is 0 Å². The summed E-state index contributed by atoms with van der Waals surface area (Å²) in [6, 6.07) is 1.32. The minimum Gasteiger partial charge on any atom is -0.330 e. The molecule has 0 aliphatic rings. The van der Waals surface area contributed by atoms with E-state index in [0.29, 0.717) is 13.1 Å². The smallest absolute Gasteiger partial charge is 0.282 e. The summed E-state index contributed by atoms with van der Waals surface area (Å²) in [6.07, 6.45) is -0.189. The van der Waals surface area contributed by atoms with Crippen LogP contribution in [0.2, 0.25) is 0 Å². The molecule has 0 atom stereocenters. The fourth-order valence-corrected chi connectivity index (χ4v) is 0.872. The molecule has 0 saturated heterocycles. The summed E-state index contributed by atoms with van der Waals surface area (Å²) in [5.41, 5.74) is 5.08. The van der Waals surface area contributed by atoms with Crippen LogP contribution in [0.3, 0.4) is 0 Å². The van der Waals surface area contributed by atoms with Gasteiger partial charge in [0.05, 0.1) is 0 Å². The lowest BCUT2D eigenvalue weighted by molar-refractivity contribution is 0.145. The molecule has 1 heterocycles. The van der Waals surface area contributed by atoms with Gasteiger partial charge in [0.15, 0.2) is 0 Å². The zero-order valence-corrected chi connectivity index (χ0v) is 6.58. The molecule has 2 N–H and O–H groups in total. The van der Waals surface area contributed by atoms with Crippen LogP contribution in [0.4, 0.5) is 8.78 Å². The number of nitrogens with two attached hydrogens (primary N) is 1. The monoisotopic (exact) mass is 175 g/mol. The summed E-state index contributed by atoms with van der Waals surface area (Å²) in [5, 5.41) is 3.66. The first-order valence-electron chi connectivity index (χ1n) is 3.75. The lowest BCUT2D eigenvalue weighted by atomic mass is 10.4. The van der Waals surface area contributed by atoms with E-state index < -0.39 is 6.43 Å². The number of aryl methyl sites for hydroxylation is 1. The highest BCUT2D eigenvalue weighted by Crippen LogP contribution is 2.15. The van der Waals surface area contributed by atoms with Crippen molar-refractivity contribution in [1.82, 2.24) is 9.78 Å². The highest BCUT2D eigenvalue weighted by atomic mass is 19.3. The molecule has 1 rings (SSSR count). The molecule has 0 spiro atoms. The van der Waals surface area contributed by atoms with Gasteiger partial charge >= 0.3 is 0 Å². The molecule has 1 aromatic rings. The van der Waals surface area contributed by atoms with Crippen molar-refractivity contribution in [2.75, 3.05) is 6.54 Å². The topological polar surface area (TPSA) is 43.8 Å². The number of halogens is 2. The zero-order valence-electron chi connectivity index (χ0n) is 6.58. The Morgan fingerprint density at radius 1 is 1.58 bits per heavy atom. The molecule has 0 unspecified atom stereocenters. The molecule has 0 aliphatic carbocycles. The van der Waals surface area contributed by atoms with Crippen LogP contribution in [0.25, 0.3) is 0 Å². The maximum Gasteiger partial charge on any atom is 0.282 e. The van der Waals surface area contributed by atoms with Crippen molar-refractivity contribution in [1.29, 1.82) is 0 Å². The summed E-state index contributed by atoms with van der Waals surface area (Å²) in [4.78, 5) is 0. The summed E-state index contributed by atoms with van der Waals surface area (Å²) in [6.45, 7) is 1.15. The first-order valence-corrected chi connectivity index (χ1v) is 3.75. The number of aromatic nitrogens is 2. The lowest BCUT2D eigenvalue weighted by Gasteiger charge is -1.97. The molecular formula is C7H11F2N3. The Bertz CT molecular complexity index is 234. The Kier molecular flexibility index (Phi) is 3.16. The van der Waals surface area contributed by atoms with Crippen LogP contribution >= 0.6 is 0 Å². The molecule has 5 heteroatoms. The zero-order chi connectivity index (χ0) is 8.97. The van der Waals surface area contributed by atoms with Crippen molar-refractivity contribution in [2.24, 2.45) is 5.73 Å². The standard InChI is InChI=1S/C7H11F2N3/c8-7(9)6-2-5-12(11-6)4-1-3-10/h2,5,7H,1,3-4,10H2. The van der Waals surface area contributed by atoms with E-state index in [0.717, 1.165) is 6.42 Å². The van der Waals surface area contributed by atoms with E-state index >= 15 is 0 Å². The second-order valence-corrected chi connectivity index (χ2v) is 2.45. The summed E-state index contributed by atoms with van der Waals surface area (Å²) in [7, 11) is 0. The van der Waals surface area contributed by atoms with Gasteiger partial charge in [0.2, 0.25) is 0 Å². The van der Waals surface area contributed by atoms with Crippen LogP contribution in [-0.4, -0.2) is 16.3 Å². The molecule has 1 aromatic heterocycles. The Morgan fingerprint density at radius 3 is 2.83 bits per heavy atom. The van der Waals surface area contributed by atoms with Crippen LogP contribution < -0.4 is 5.73 Å². The number of rotatable bonds is 4. The van der Waals surface area contributed by atoms with Crippen LogP contribution in [0.15, 0.2) is 12.3 Å². The van der Waals surface area contributed by atoms with E-state index in [-0.39, 0.29) is 5.69 Å². The average molecular weight is 175 g/mol. The normalized spacial score (nSPS) is 11.0. The maximum atomic E-state index is 12.0. The third-order valence-corrected chi connectivity index (χ3v) is 1.48. The van der Waals surface area contributed by atoms with Gasteiger partial charge in [-0.05, 0) is 19.0 Å². The molecule has 0 amide bonds. The fourth-order valence-electron chi connectivity index (χ4n) is 0.872. The van der Waals surface area contributed by atoms with E-state index in [1.165, 1.54) is 16.9 Å². The van der Waals surface area contributed by atoms with Gasteiger partial charge in [-0.15, -0.1) is 0 Å². The molecule has 0 bridgehead atoms. The van der Waals surface area contributed by atoms with Gasteiger partial charge in [0, 0.05) is 12.7 Å². The number of hydrogen-bond acceptors (Lipinski definition) is 2. The predicted octanol–water partition coefficient (Wildman–Crippen LogP) is 1.17. The van der Waals surface area contributed by atoms with Crippen molar-refractivity contribution < 1.29 is 8.78 Å². The lowest BCUT2D eigenvalue weighted by Crippen LogP contribution is -2.06. The van der Waals surface area contributed by atoms with Crippen molar-refractivity contribution in [3.05, 3.63) is 18.0 Å². The largest absolute Gasteiger partial charge is 0.330 e. The van der Waals surface area contributed by atoms with E-state index in [9.17, 15) is 8.78 Å². The highest BCUT2D eigenvalue weighted by Gasteiger charge is 2.09. The van der Waals surface area contributed by atoms with Gasteiger partial charge in [-0.3, -0.25) is 4.68 Å². The second kappa shape index (κ2) is 4.15. The molecule has 0 radical (unpaired) electrons. The quantitative estimate of drug-likeness (QED) is 0.746. The van der Waals surface area contributed by atoms with Crippen LogP contribution in [0, 0.1) is 0 Å². The minimum absolute atomic E-state index is 0.174. The van der Waals surface area contributed by atoms with Gasteiger partial charge < -0.3 is 5.73 Å². The van der Waals surface area contributed by atoms with Gasteiger partial charge in [-0.1, -0.05) is 0 Å². The number of alkyl halides is 2. The number of hydrogen-bond donors (Lipinski definition) is 1. The Labute approximate surface area is 69.2 Å². The van der Waals surface area contributed by atoms with Crippen LogP contribution in [0.5, 0.6) is 0 Å². The highest BCUT2D eigenvalue weighted by molar-refractivity contribution is 4.99. The SMILES string of the molecule is NCCCn1ccc(C(F)F)n1. The van der Waals surface area contributed by atoms with Gasteiger partial charge in [0.1, 0.15) is 5.69 Å². The van der Waals surface area contributed by atoms with Gasteiger partial charge in [0.25, 0.3) is 6.43 Å². The summed E-state index contributed by atoms with van der Waals surface area (Å²) >= 11 is 0. The molecule has 0 aromatic carbocycles. The Balaban J connectivity index is 2.52. The Hall–Kier alpha value is -0.970. The summed E-state index contributed by atoms with van der Waals surface area (Å²) in [5.74, 6) is 0. The molecule has 0 saturated carbocycles. The van der Waals surface area contributed by atoms with Crippen LogP contribution in [0.1, 0.15) is 18.5 Å².